The third kappa shape index (κ3) is 9.05. The maximum Gasteiger partial charge on any atom is 0.251 e. The van der Waals surface area contributed by atoms with Gasteiger partial charge in [-0.2, -0.15) is 15.0 Å². The lowest BCUT2D eigenvalue weighted by atomic mass is 9.93. The van der Waals surface area contributed by atoms with Gasteiger partial charge in [-0.1, -0.05) is 6.07 Å². The number of aromatic nitrogens is 3. The Bertz CT molecular complexity index is 1010. The molecular weight excluding hydrogens is 488 g/mol. The number of carbonyl (C=O) groups excluding carboxylic acids is 1. The molecule has 0 spiro atoms. The second-order valence-corrected chi connectivity index (χ2v) is 9.70. The molecule has 0 atom stereocenters. The van der Waals surface area contributed by atoms with Crippen LogP contribution < -0.4 is 27.0 Å². The highest BCUT2D eigenvalue weighted by Gasteiger charge is 2.22. The van der Waals surface area contributed by atoms with Crippen LogP contribution in [0.5, 0.6) is 0 Å². The molecule has 2 aromatic rings. The fourth-order valence-electron chi connectivity index (χ4n) is 4.31. The molecular formula is C26H40N8O4. The van der Waals surface area contributed by atoms with E-state index in [1.165, 1.54) is 6.42 Å². The molecule has 0 bridgehead atoms. The molecule has 1 heterocycles. The number of hydrogen-bond acceptors (Lipinski definition) is 11. The summed E-state index contributed by atoms with van der Waals surface area (Å²) >= 11 is 0. The number of nitrogens with two attached hydrogens (primary N) is 1. The van der Waals surface area contributed by atoms with Crippen LogP contribution in [0.2, 0.25) is 0 Å². The number of aliphatic hydroxyl groups is 1. The van der Waals surface area contributed by atoms with Crippen molar-refractivity contribution < 1.29 is 19.4 Å². The zero-order valence-electron chi connectivity index (χ0n) is 21.8. The highest BCUT2D eigenvalue weighted by molar-refractivity contribution is 5.95. The largest absolute Gasteiger partial charge is 0.393 e. The van der Waals surface area contributed by atoms with Crippen LogP contribution in [0.3, 0.4) is 0 Å². The number of benzene rings is 1. The van der Waals surface area contributed by atoms with Crippen LogP contribution >= 0.6 is 0 Å². The molecule has 0 saturated heterocycles. The minimum absolute atomic E-state index is 0.193. The van der Waals surface area contributed by atoms with Crippen molar-refractivity contribution in [1.29, 1.82) is 0 Å². The Kier molecular flexibility index (Phi) is 10.9. The second-order valence-electron chi connectivity index (χ2n) is 9.70. The molecule has 1 aromatic heterocycles. The Morgan fingerprint density at radius 3 is 2.21 bits per heavy atom. The van der Waals surface area contributed by atoms with Crippen molar-refractivity contribution in [3.05, 3.63) is 29.8 Å². The first-order valence-electron chi connectivity index (χ1n) is 13.6. The first kappa shape index (κ1) is 28.0. The maximum absolute atomic E-state index is 12.6. The van der Waals surface area contributed by atoms with Crippen LogP contribution in [-0.2, 0) is 9.47 Å². The predicted octanol–water partition coefficient (Wildman–Crippen LogP) is 2.02. The van der Waals surface area contributed by atoms with Crippen molar-refractivity contribution in [3.63, 3.8) is 0 Å². The van der Waals surface area contributed by atoms with Crippen LogP contribution in [-0.4, -0.2) is 83.7 Å². The zero-order valence-corrected chi connectivity index (χ0v) is 21.8. The molecule has 0 unspecified atom stereocenters. The molecule has 1 aromatic carbocycles. The van der Waals surface area contributed by atoms with E-state index in [0.29, 0.717) is 74.7 Å². The fourth-order valence-corrected chi connectivity index (χ4v) is 4.31. The quantitative estimate of drug-likeness (QED) is 0.187. The lowest BCUT2D eigenvalue weighted by molar-refractivity contribution is 0.0511. The number of amides is 1. The van der Waals surface area contributed by atoms with Crippen LogP contribution in [0.1, 0.15) is 55.3 Å². The van der Waals surface area contributed by atoms with E-state index in [0.717, 1.165) is 38.5 Å². The smallest absolute Gasteiger partial charge is 0.251 e. The van der Waals surface area contributed by atoms with Gasteiger partial charge in [0.15, 0.2) is 0 Å². The fraction of sp³-hybridized carbons (Fsp3) is 0.615. The topological polar surface area (TPSA) is 169 Å². The maximum atomic E-state index is 12.6. The molecule has 4 rings (SSSR count). The molecule has 38 heavy (non-hydrogen) atoms. The van der Waals surface area contributed by atoms with E-state index in [9.17, 15) is 9.90 Å². The number of aliphatic hydroxyl groups excluding tert-OH is 1. The van der Waals surface area contributed by atoms with Gasteiger partial charge in [-0.15, -0.1) is 0 Å². The molecule has 7 N–H and O–H groups in total. The monoisotopic (exact) mass is 528 g/mol. The Hall–Kier alpha value is -3.06. The summed E-state index contributed by atoms with van der Waals surface area (Å²) in [6, 6.07) is 7.76. The Morgan fingerprint density at radius 1 is 0.895 bits per heavy atom. The number of hydrogen-bond donors (Lipinski definition) is 6. The number of rotatable bonds is 15. The summed E-state index contributed by atoms with van der Waals surface area (Å²) in [5, 5.41) is 22.7. The van der Waals surface area contributed by atoms with Gasteiger partial charge in [0.1, 0.15) is 0 Å². The summed E-state index contributed by atoms with van der Waals surface area (Å²) in [5.41, 5.74) is 6.58. The van der Waals surface area contributed by atoms with Crippen LogP contribution in [0.4, 0.5) is 23.5 Å². The van der Waals surface area contributed by atoms with Gasteiger partial charge in [0.2, 0.25) is 17.8 Å². The van der Waals surface area contributed by atoms with E-state index in [1.807, 2.05) is 12.1 Å². The van der Waals surface area contributed by atoms with Gasteiger partial charge in [-0.05, 0) is 63.1 Å². The summed E-state index contributed by atoms with van der Waals surface area (Å²) < 4.78 is 10.7. The van der Waals surface area contributed by atoms with Crippen molar-refractivity contribution >= 4 is 29.4 Å². The van der Waals surface area contributed by atoms with E-state index in [2.05, 4.69) is 36.2 Å². The lowest BCUT2D eigenvalue weighted by Gasteiger charge is -2.28. The standard InChI is InChI=1S/C26H40N8O4/c27-11-13-37-15-16-38-14-12-28-23(36)18-3-1-6-21(17-18)31-26-33-24(29-19-4-2-5-19)32-25(34-26)30-20-7-9-22(35)10-8-20/h1,3,6,17,19-20,22,35H,2,4-5,7-16,27H2,(H,28,36)(H3,29,30,31,32,33,34). The number of anilines is 4. The molecule has 0 aliphatic heterocycles. The van der Waals surface area contributed by atoms with Crippen LogP contribution in [0.25, 0.3) is 0 Å². The molecule has 2 aliphatic carbocycles. The van der Waals surface area contributed by atoms with E-state index >= 15 is 0 Å². The number of nitrogens with zero attached hydrogens (tertiary/aromatic N) is 3. The summed E-state index contributed by atoms with van der Waals surface area (Å²) in [5.74, 6) is 1.21. The number of carbonyl (C=O) groups is 1. The minimum atomic E-state index is -0.224. The minimum Gasteiger partial charge on any atom is -0.393 e. The van der Waals surface area contributed by atoms with Crippen molar-refractivity contribution in [2.75, 3.05) is 55.5 Å². The van der Waals surface area contributed by atoms with E-state index in [4.69, 9.17) is 15.2 Å². The van der Waals surface area contributed by atoms with Gasteiger partial charge in [-0.25, -0.2) is 0 Å². The Morgan fingerprint density at radius 2 is 1.55 bits per heavy atom. The van der Waals surface area contributed by atoms with Crippen LogP contribution in [0, 0.1) is 0 Å². The van der Waals surface area contributed by atoms with Crippen molar-refractivity contribution in [3.8, 4) is 0 Å². The summed E-state index contributed by atoms with van der Waals surface area (Å²) in [7, 11) is 0. The van der Waals surface area contributed by atoms with E-state index in [-0.39, 0.29) is 18.1 Å². The highest BCUT2D eigenvalue weighted by Crippen LogP contribution is 2.25. The summed E-state index contributed by atoms with van der Waals surface area (Å²) in [6.07, 6.45) is 6.45. The lowest BCUT2D eigenvalue weighted by Crippen LogP contribution is -2.30. The van der Waals surface area contributed by atoms with Gasteiger partial charge in [-0.3, -0.25) is 4.79 Å². The molecule has 0 radical (unpaired) electrons. The number of nitrogens with one attached hydrogen (secondary N) is 4. The SMILES string of the molecule is NCCOCCOCCNC(=O)c1cccc(Nc2nc(NC3CCC3)nc(NC3CCC(O)CC3)n2)c1. The second kappa shape index (κ2) is 14.8. The third-order valence-corrected chi connectivity index (χ3v) is 6.65. The summed E-state index contributed by atoms with van der Waals surface area (Å²) in [6.45, 7) is 2.72. The first-order chi connectivity index (χ1) is 18.6. The molecule has 12 nitrogen and oxygen atoms in total. The molecule has 2 fully saturated rings. The number of ether oxygens (including phenoxy) is 2. The summed E-state index contributed by atoms with van der Waals surface area (Å²) in [4.78, 5) is 26.4. The van der Waals surface area contributed by atoms with Crippen molar-refractivity contribution in [1.82, 2.24) is 20.3 Å². The highest BCUT2D eigenvalue weighted by atomic mass is 16.5. The van der Waals surface area contributed by atoms with Gasteiger partial charge in [0.25, 0.3) is 5.91 Å². The zero-order chi connectivity index (χ0) is 26.6. The Balaban J connectivity index is 1.34. The molecule has 208 valence electrons. The van der Waals surface area contributed by atoms with E-state index < -0.39 is 0 Å². The third-order valence-electron chi connectivity index (χ3n) is 6.65. The van der Waals surface area contributed by atoms with Gasteiger partial charge < -0.3 is 41.6 Å². The van der Waals surface area contributed by atoms with Gasteiger partial charge in [0, 0.05) is 36.4 Å². The van der Waals surface area contributed by atoms with Gasteiger partial charge >= 0.3 is 0 Å². The molecule has 12 heteroatoms. The molecule has 2 saturated carbocycles. The predicted molar refractivity (Wildman–Crippen MR) is 146 cm³/mol. The van der Waals surface area contributed by atoms with Crippen LogP contribution in [0.15, 0.2) is 24.3 Å². The molecule has 1 amide bonds. The normalized spacial score (nSPS) is 19.4. The van der Waals surface area contributed by atoms with Gasteiger partial charge in [0.05, 0.1) is 32.5 Å². The van der Waals surface area contributed by atoms with Crippen molar-refractivity contribution in [2.45, 2.75) is 63.1 Å². The average molecular weight is 529 g/mol. The average Bonchev–Trinajstić information content (AvgIpc) is 2.89. The molecule has 2 aliphatic rings. The first-order valence-corrected chi connectivity index (χ1v) is 13.6. The van der Waals surface area contributed by atoms with E-state index in [1.54, 1.807) is 12.1 Å². The Labute approximate surface area is 223 Å². The van der Waals surface area contributed by atoms with Crippen molar-refractivity contribution in [2.24, 2.45) is 5.73 Å².